The van der Waals surface area contributed by atoms with Gasteiger partial charge in [-0.3, -0.25) is 14.9 Å². The molecule has 1 fully saturated rings. The van der Waals surface area contributed by atoms with Gasteiger partial charge in [-0.25, -0.2) is 4.79 Å². The van der Waals surface area contributed by atoms with Crippen LogP contribution in [0.2, 0.25) is 0 Å². The lowest BCUT2D eigenvalue weighted by Crippen LogP contribution is -2.34. The molecule has 10 nitrogen and oxygen atoms in total. The molecule has 0 spiro atoms. The zero-order chi connectivity index (χ0) is 19.6. The molecule has 1 saturated heterocycles. The molecule has 0 aliphatic carbocycles. The largest absolute Gasteiger partial charge is 0.452 e. The fraction of sp³-hybridized carbons (Fsp3) is 0.529. The van der Waals surface area contributed by atoms with Gasteiger partial charge in [-0.1, -0.05) is 0 Å². The highest BCUT2D eigenvalue weighted by molar-refractivity contribution is 5.97. The van der Waals surface area contributed by atoms with Crippen LogP contribution in [-0.4, -0.2) is 62.9 Å². The van der Waals surface area contributed by atoms with Gasteiger partial charge in [-0.05, 0) is 18.9 Å². The zero-order valence-corrected chi connectivity index (χ0v) is 15.1. The van der Waals surface area contributed by atoms with Crippen LogP contribution in [0.1, 0.15) is 23.2 Å². The van der Waals surface area contributed by atoms with Crippen molar-refractivity contribution < 1.29 is 28.7 Å². The Labute approximate surface area is 156 Å². The maximum absolute atomic E-state index is 12.3. The summed E-state index contributed by atoms with van der Waals surface area (Å²) in [5.41, 5.74) is 0.0942. The number of anilines is 1. The molecular weight excluding hydrogens is 358 g/mol. The molecule has 0 saturated carbocycles. The number of methoxy groups -OCH3 is 1. The molecule has 1 aromatic carbocycles. The van der Waals surface area contributed by atoms with E-state index < -0.39 is 23.4 Å². The SMILES string of the molecule is COCCNc1ccc([N+](=O)[O-])cc1C(=O)OCC(=O)NC[C@@H]1CCCO1. The van der Waals surface area contributed by atoms with Crippen molar-refractivity contribution in [2.24, 2.45) is 0 Å². The molecular formula is C17H23N3O7. The number of amides is 1. The fourth-order valence-electron chi connectivity index (χ4n) is 2.55. The lowest BCUT2D eigenvalue weighted by Gasteiger charge is -2.13. The van der Waals surface area contributed by atoms with E-state index in [9.17, 15) is 19.7 Å². The Morgan fingerprint density at radius 1 is 1.41 bits per heavy atom. The Kier molecular flexibility index (Phi) is 7.96. The van der Waals surface area contributed by atoms with Gasteiger partial charge in [0, 0.05) is 44.6 Å². The smallest absolute Gasteiger partial charge is 0.341 e. The van der Waals surface area contributed by atoms with Crippen molar-refractivity contribution in [3.05, 3.63) is 33.9 Å². The van der Waals surface area contributed by atoms with Gasteiger partial charge < -0.3 is 24.8 Å². The number of esters is 1. The third-order valence-corrected chi connectivity index (χ3v) is 3.94. The minimum Gasteiger partial charge on any atom is -0.452 e. The standard InChI is InChI=1S/C17H23N3O7/c1-25-8-6-18-15-5-4-12(20(23)24)9-14(15)17(22)27-11-16(21)19-10-13-3-2-7-26-13/h4-5,9,13,18H,2-3,6-8,10-11H2,1H3,(H,19,21)/t13-/m0/s1. The molecule has 1 aromatic rings. The first kappa shape index (κ1) is 20.6. The normalized spacial score (nSPS) is 16.0. The number of hydrogen-bond acceptors (Lipinski definition) is 8. The predicted octanol–water partition coefficient (Wildman–Crippen LogP) is 1.11. The van der Waals surface area contributed by atoms with Crippen LogP contribution < -0.4 is 10.6 Å². The number of nitrogens with zero attached hydrogens (tertiary/aromatic N) is 1. The summed E-state index contributed by atoms with van der Waals surface area (Å²) in [6.45, 7) is 1.34. The van der Waals surface area contributed by atoms with Gasteiger partial charge in [-0.2, -0.15) is 0 Å². The van der Waals surface area contributed by atoms with E-state index in [0.717, 1.165) is 18.9 Å². The first-order valence-electron chi connectivity index (χ1n) is 8.58. The minimum atomic E-state index is -0.828. The molecule has 1 amide bonds. The van der Waals surface area contributed by atoms with Crippen molar-refractivity contribution in [3.8, 4) is 0 Å². The zero-order valence-electron chi connectivity index (χ0n) is 15.1. The van der Waals surface area contributed by atoms with E-state index in [-0.39, 0.29) is 17.4 Å². The van der Waals surface area contributed by atoms with E-state index in [2.05, 4.69) is 10.6 Å². The van der Waals surface area contributed by atoms with Crippen molar-refractivity contribution in [2.45, 2.75) is 18.9 Å². The number of benzene rings is 1. The van der Waals surface area contributed by atoms with E-state index in [1.54, 1.807) is 0 Å². The average molecular weight is 381 g/mol. The molecule has 27 heavy (non-hydrogen) atoms. The van der Waals surface area contributed by atoms with E-state index in [1.165, 1.54) is 19.2 Å². The maximum atomic E-state index is 12.3. The molecule has 2 N–H and O–H groups in total. The maximum Gasteiger partial charge on any atom is 0.341 e. The Morgan fingerprint density at radius 2 is 2.22 bits per heavy atom. The van der Waals surface area contributed by atoms with Gasteiger partial charge in [0.25, 0.3) is 11.6 Å². The van der Waals surface area contributed by atoms with Crippen LogP contribution in [0.25, 0.3) is 0 Å². The fourth-order valence-corrected chi connectivity index (χ4v) is 2.55. The number of ether oxygens (including phenoxy) is 3. The Bertz CT molecular complexity index is 674. The highest BCUT2D eigenvalue weighted by Crippen LogP contribution is 2.23. The van der Waals surface area contributed by atoms with E-state index in [1.807, 2.05) is 0 Å². The number of hydrogen-bond donors (Lipinski definition) is 2. The molecule has 2 rings (SSSR count). The highest BCUT2D eigenvalue weighted by atomic mass is 16.6. The summed E-state index contributed by atoms with van der Waals surface area (Å²) in [7, 11) is 1.53. The lowest BCUT2D eigenvalue weighted by atomic mass is 10.1. The number of non-ortho nitro benzene ring substituents is 1. The van der Waals surface area contributed by atoms with Gasteiger partial charge >= 0.3 is 5.97 Å². The van der Waals surface area contributed by atoms with E-state index >= 15 is 0 Å². The molecule has 1 atom stereocenters. The number of nitro benzene ring substituents is 1. The topological polar surface area (TPSA) is 129 Å². The molecule has 0 unspecified atom stereocenters. The minimum absolute atomic E-state index is 0.0157. The Morgan fingerprint density at radius 3 is 2.89 bits per heavy atom. The summed E-state index contributed by atoms with van der Waals surface area (Å²) in [6.07, 6.45) is 1.82. The van der Waals surface area contributed by atoms with Gasteiger partial charge in [-0.15, -0.1) is 0 Å². The summed E-state index contributed by atoms with van der Waals surface area (Å²) in [5, 5.41) is 16.5. The highest BCUT2D eigenvalue weighted by Gasteiger charge is 2.20. The van der Waals surface area contributed by atoms with Crippen molar-refractivity contribution in [3.63, 3.8) is 0 Å². The summed E-state index contributed by atoms with van der Waals surface area (Å²) in [4.78, 5) is 34.5. The number of rotatable bonds is 10. The quantitative estimate of drug-likeness (QED) is 0.267. The van der Waals surface area contributed by atoms with Crippen molar-refractivity contribution >= 4 is 23.3 Å². The summed E-state index contributed by atoms with van der Waals surface area (Å²) >= 11 is 0. The van der Waals surface area contributed by atoms with Crippen LogP contribution in [0.3, 0.4) is 0 Å². The lowest BCUT2D eigenvalue weighted by molar-refractivity contribution is -0.384. The molecule has 0 bridgehead atoms. The molecule has 1 heterocycles. The molecule has 0 aromatic heterocycles. The molecule has 0 radical (unpaired) electrons. The third-order valence-electron chi connectivity index (χ3n) is 3.94. The average Bonchev–Trinajstić information content (AvgIpc) is 3.18. The van der Waals surface area contributed by atoms with Crippen LogP contribution in [0.4, 0.5) is 11.4 Å². The van der Waals surface area contributed by atoms with Crippen LogP contribution >= 0.6 is 0 Å². The monoisotopic (exact) mass is 381 g/mol. The van der Waals surface area contributed by atoms with Gasteiger partial charge in [0.1, 0.15) is 0 Å². The van der Waals surface area contributed by atoms with E-state index in [4.69, 9.17) is 14.2 Å². The molecule has 10 heteroatoms. The van der Waals surface area contributed by atoms with Crippen molar-refractivity contribution in [2.75, 3.05) is 45.3 Å². The molecule has 148 valence electrons. The van der Waals surface area contributed by atoms with Gasteiger partial charge in [0.2, 0.25) is 0 Å². The predicted molar refractivity (Wildman–Crippen MR) is 95.7 cm³/mol. The second-order valence-corrected chi connectivity index (χ2v) is 5.92. The van der Waals surface area contributed by atoms with Crippen LogP contribution in [0.15, 0.2) is 18.2 Å². The Balaban J connectivity index is 1.94. The second kappa shape index (κ2) is 10.4. The first-order chi connectivity index (χ1) is 13.0. The number of carbonyl (C=O) groups is 2. The number of carbonyl (C=O) groups excluding carboxylic acids is 2. The van der Waals surface area contributed by atoms with Gasteiger partial charge in [0.15, 0.2) is 6.61 Å². The summed E-state index contributed by atoms with van der Waals surface area (Å²) < 4.78 is 15.3. The molecule has 1 aliphatic heterocycles. The second-order valence-electron chi connectivity index (χ2n) is 5.92. The van der Waals surface area contributed by atoms with Crippen molar-refractivity contribution in [1.29, 1.82) is 0 Å². The molecule has 1 aliphatic rings. The summed E-state index contributed by atoms with van der Waals surface area (Å²) in [5.74, 6) is -1.29. The number of nitro groups is 1. The van der Waals surface area contributed by atoms with Crippen molar-refractivity contribution in [1.82, 2.24) is 5.32 Å². The van der Waals surface area contributed by atoms with E-state index in [0.29, 0.717) is 32.0 Å². The first-order valence-corrected chi connectivity index (χ1v) is 8.58. The Hall–Kier alpha value is -2.72. The third kappa shape index (κ3) is 6.50. The summed E-state index contributed by atoms with van der Waals surface area (Å²) in [6, 6.07) is 3.81. The van der Waals surface area contributed by atoms with Gasteiger partial charge in [0.05, 0.1) is 23.2 Å². The van der Waals surface area contributed by atoms with Crippen LogP contribution in [0.5, 0.6) is 0 Å². The van der Waals surface area contributed by atoms with Crippen LogP contribution in [0, 0.1) is 10.1 Å². The van der Waals surface area contributed by atoms with Crippen LogP contribution in [-0.2, 0) is 19.0 Å². The number of nitrogens with one attached hydrogen (secondary N) is 2.